The van der Waals surface area contributed by atoms with E-state index in [-0.39, 0.29) is 12.0 Å². The lowest BCUT2D eigenvalue weighted by molar-refractivity contribution is 0.0908. The fourth-order valence-corrected chi connectivity index (χ4v) is 5.18. The number of pyridine rings is 2. The Bertz CT molecular complexity index is 1720. The number of carbonyl (C=O) groups excluding carboxylic acids is 1. The Hall–Kier alpha value is -3.52. The fraction of sp³-hybridized carbons (Fsp3) is 0.179. The van der Waals surface area contributed by atoms with Gasteiger partial charge in [-0.2, -0.15) is 0 Å². The maximum atomic E-state index is 15.0. The molecular weight excluding hydrogens is 514 g/mol. The van der Waals surface area contributed by atoms with Crippen molar-refractivity contribution in [1.29, 1.82) is 0 Å². The molecule has 1 aliphatic rings. The highest BCUT2D eigenvalue weighted by molar-refractivity contribution is 6.35. The van der Waals surface area contributed by atoms with E-state index in [1.165, 1.54) is 12.3 Å². The van der Waals surface area contributed by atoms with Gasteiger partial charge in [0.05, 0.1) is 39.0 Å². The van der Waals surface area contributed by atoms with Gasteiger partial charge in [0.2, 0.25) is 0 Å². The Balaban J connectivity index is 1.30. The molecule has 1 amide bonds. The average molecular weight is 535 g/mol. The molecule has 9 heteroatoms. The minimum atomic E-state index is -1.02. The normalized spacial score (nSPS) is 15.3. The number of benzene rings is 2. The van der Waals surface area contributed by atoms with Crippen molar-refractivity contribution in [3.8, 4) is 0 Å². The highest BCUT2D eigenvalue weighted by Crippen LogP contribution is 2.37. The maximum Gasteiger partial charge on any atom is 0.253 e. The van der Waals surface area contributed by atoms with Gasteiger partial charge in [-0.3, -0.25) is 14.8 Å². The summed E-state index contributed by atoms with van der Waals surface area (Å²) in [5, 5.41) is 5.56. The fourth-order valence-electron chi connectivity index (χ4n) is 4.81. The molecule has 0 bridgehead atoms. The zero-order valence-corrected chi connectivity index (χ0v) is 21.4. The largest absolute Gasteiger partial charge is 0.362 e. The van der Waals surface area contributed by atoms with Crippen molar-refractivity contribution in [3.05, 3.63) is 105 Å². The van der Waals surface area contributed by atoms with Crippen LogP contribution in [0.3, 0.4) is 0 Å². The zero-order chi connectivity index (χ0) is 25.9. The monoisotopic (exact) mass is 534 g/mol. The number of aromatic amines is 1. The molecule has 0 radical (unpaired) electrons. The summed E-state index contributed by atoms with van der Waals surface area (Å²) in [6.07, 6.45) is 4.35. The van der Waals surface area contributed by atoms with Crippen molar-refractivity contribution in [2.24, 2.45) is 0 Å². The minimum Gasteiger partial charge on any atom is -0.362 e. The number of carbonyl (C=O) groups is 1. The van der Waals surface area contributed by atoms with E-state index in [9.17, 15) is 9.18 Å². The van der Waals surface area contributed by atoms with Gasteiger partial charge in [0.25, 0.3) is 5.91 Å². The average Bonchev–Trinajstić information content (AvgIpc) is 3.45. The second-order valence-electron chi connectivity index (χ2n) is 9.65. The SMILES string of the molecule is CC(C)(NC(=O)c1cnc2c(c1)C(c1ccc3ncc(Cl)cc3c1)OC2)c1cc2c(Cl)c[nH]c2cc1F. The first-order valence-electron chi connectivity index (χ1n) is 11.6. The Morgan fingerprint density at radius 1 is 1.14 bits per heavy atom. The summed E-state index contributed by atoms with van der Waals surface area (Å²) in [5.41, 5.74) is 3.57. The zero-order valence-electron chi connectivity index (χ0n) is 19.9. The second-order valence-corrected chi connectivity index (χ2v) is 10.5. The van der Waals surface area contributed by atoms with Crippen LogP contribution in [0.25, 0.3) is 21.8 Å². The number of amides is 1. The molecule has 0 aliphatic carbocycles. The smallest absolute Gasteiger partial charge is 0.253 e. The Labute approximate surface area is 221 Å². The van der Waals surface area contributed by atoms with Gasteiger partial charge >= 0.3 is 0 Å². The van der Waals surface area contributed by atoms with Crippen LogP contribution >= 0.6 is 23.2 Å². The van der Waals surface area contributed by atoms with Gasteiger partial charge in [-0.25, -0.2) is 4.39 Å². The molecule has 6 nitrogen and oxygen atoms in total. The summed E-state index contributed by atoms with van der Waals surface area (Å²) < 4.78 is 21.0. The Morgan fingerprint density at radius 3 is 2.81 bits per heavy atom. The molecule has 0 saturated carbocycles. The minimum absolute atomic E-state index is 0.327. The topological polar surface area (TPSA) is 79.9 Å². The third-order valence-corrected chi connectivity index (χ3v) is 7.25. The summed E-state index contributed by atoms with van der Waals surface area (Å²) >= 11 is 12.4. The number of nitrogens with one attached hydrogen (secondary N) is 2. The molecule has 4 heterocycles. The molecule has 186 valence electrons. The number of hydrogen-bond donors (Lipinski definition) is 2. The Kier molecular flexibility index (Phi) is 5.67. The third kappa shape index (κ3) is 4.23. The number of hydrogen-bond acceptors (Lipinski definition) is 4. The molecule has 2 N–H and O–H groups in total. The quantitative estimate of drug-likeness (QED) is 0.264. The van der Waals surface area contributed by atoms with Gasteiger partial charge < -0.3 is 15.0 Å². The molecule has 3 aromatic heterocycles. The number of halogens is 3. The molecule has 1 atom stereocenters. The molecular formula is C28H21Cl2FN4O2. The van der Waals surface area contributed by atoms with Crippen LogP contribution in [-0.2, 0) is 16.9 Å². The number of fused-ring (bicyclic) bond motifs is 3. The van der Waals surface area contributed by atoms with Crippen molar-refractivity contribution in [3.63, 3.8) is 0 Å². The van der Waals surface area contributed by atoms with E-state index in [1.54, 1.807) is 38.4 Å². The van der Waals surface area contributed by atoms with Crippen LogP contribution < -0.4 is 5.32 Å². The van der Waals surface area contributed by atoms with E-state index >= 15 is 0 Å². The highest BCUT2D eigenvalue weighted by Gasteiger charge is 2.31. The van der Waals surface area contributed by atoms with Crippen LogP contribution in [-0.4, -0.2) is 20.9 Å². The molecule has 6 rings (SSSR count). The van der Waals surface area contributed by atoms with Gasteiger partial charge in [0.1, 0.15) is 11.9 Å². The van der Waals surface area contributed by atoms with Gasteiger partial charge in [-0.1, -0.05) is 29.3 Å². The summed E-state index contributed by atoms with van der Waals surface area (Å²) in [7, 11) is 0. The van der Waals surface area contributed by atoms with E-state index < -0.39 is 11.4 Å². The summed E-state index contributed by atoms with van der Waals surface area (Å²) in [6, 6.07) is 12.5. The van der Waals surface area contributed by atoms with Crippen molar-refractivity contribution in [2.45, 2.75) is 32.1 Å². The van der Waals surface area contributed by atoms with Crippen molar-refractivity contribution in [1.82, 2.24) is 20.3 Å². The van der Waals surface area contributed by atoms with E-state index in [2.05, 4.69) is 20.3 Å². The van der Waals surface area contributed by atoms with Crippen LogP contribution in [0.5, 0.6) is 0 Å². The lowest BCUT2D eigenvalue weighted by Gasteiger charge is -2.27. The van der Waals surface area contributed by atoms with Crippen molar-refractivity contribution in [2.75, 3.05) is 0 Å². The molecule has 2 aromatic carbocycles. The van der Waals surface area contributed by atoms with E-state index in [4.69, 9.17) is 27.9 Å². The first kappa shape index (κ1) is 23.9. The molecule has 0 saturated heterocycles. The molecule has 0 fully saturated rings. The summed E-state index contributed by atoms with van der Waals surface area (Å²) in [5.74, 6) is -0.817. The van der Waals surface area contributed by atoms with E-state index in [0.717, 1.165) is 27.7 Å². The van der Waals surface area contributed by atoms with Gasteiger partial charge in [0.15, 0.2) is 0 Å². The van der Waals surface area contributed by atoms with Crippen LogP contribution in [0.4, 0.5) is 4.39 Å². The lowest BCUT2D eigenvalue weighted by atomic mass is 9.92. The Morgan fingerprint density at radius 2 is 1.97 bits per heavy atom. The van der Waals surface area contributed by atoms with Gasteiger partial charge in [-0.15, -0.1) is 0 Å². The van der Waals surface area contributed by atoms with Crippen LogP contribution in [0.1, 0.15) is 52.7 Å². The predicted molar refractivity (Wildman–Crippen MR) is 141 cm³/mol. The lowest BCUT2D eigenvalue weighted by Crippen LogP contribution is -2.41. The maximum absolute atomic E-state index is 15.0. The second kappa shape index (κ2) is 8.80. The van der Waals surface area contributed by atoms with Crippen LogP contribution in [0, 0.1) is 5.82 Å². The number of aromatic nitrogens is 3. The third-order valence-electron chi connectivity index (χ3n) is 6.73. The van der Waals surface area contributed by atoms with E-state index in [1.807, 2.05) is 24.3 Å². The molecule has 37 heavy (non-hydrogen) atoms. The molecule has 1 unspecified atom stereocenters. The standard InChI is InChI=1S/C28H21Cl2FN4O2/c1-28(2,20-8-18-21(30)12-34-24(18)9-22(20)31)35-27(36)16-7-19-25(32-10-16)13-37-26(19)14-3-4-23-15(5-14)6-17(29)11-33-23/h3-12,26,34H,13H2,1-2H3,(H,35,36). The van der Waals surface area contributed by atoms with Crippen LogP contribution in [0.2, 0.25) is 10.0 Å². The number of rotatable bonds is 4. The van der Waals surface area contributed by atoms with Crippen molar-refractivity contribution < 1.29 is 13.9 Å². The molecule has 1 aliphatic heterocycles. The molecule has 0 spiro atoms. The number of nitrogens with zero attached hydrogens (tertiary/aromatic N) is 2. The summed E-state index contributed by atoms with van der Waals surface area (Å²) in [4.78, 5) is 25.1. The summed E-state index contributed by atoms with van der Waals surface area (Å²) in [6.45, 7) is 3.83. The highest BCUT2D eigenvalue weighted by atomic mass is 35.5. The number of ether oxygens (including phenoxy) is 1. The van der Waals surface area contributed by atoms with Gasteiger partial charge in [-0.05, 0) is 55.8 Å². The predicted octanol–water partition coefficient (Wildman–Crippen LogP) is 6.84. The molecule has 5 aromatic rings. The first-order valence-corrected chi connectivity index (χ1v) is 12.4. The van der Waals surface area contributed by atoms with Crippen molar-refractivity contribution >= 4 is 50.9 Å². The number of H-pyrrole nitrogens is 1. The first-order chi connectivity index (χ1) is 17.7. The van der Waals surface area contributed by atoms with Gasteiger partial charge in [0, 0.05) is 46.0 Å². The van der Waals surface area contributed by atoms with E-state index in [0.29, 0.717) is 38.7 Å². The van der Waals surface area contributed by atoms with Crippen LogP contribution in [0.15, 0.2) is 61.1 Å².